The third-order valence-electron chi connectivity index (χ3n) is 4.12. The van der Waals surface area contributed by atoms with Crippen molar-refractivity contribution in [3.63, 3.8) is 0 Å². The fourth-order valence-electron chi connectivity index (χ4n) is 2.97. The third kappa shape index (κ3) is 4.14. The Hall–Kier alpha value is -0.210. The Morgan fingerprint density at radius 3 is 2.55 bits per heavy atom. The molecule has 0 saturated carbocycles. The van der Waals surface area contributed by atoms with Crippen molar-refractivity contribution < 1.29 is 13.2 Å². The normalized spacial score (nSPS) is 26.1. The fourth-order valence-corrected chi connectivity index (χ4v) is 4.77. The molecule has 118 valence electrons. The lowest BCUT2D eigenvalue weighted by molar-refractivity contribution is 0.192. The number of nitrogens with one attached hydrogen (secondary N) is 1. The van der Waals surface area contributed by atoms with E-state index in [0.29, 0.717) is 38.7 Å². The third-order valence-corrected chi connectivity index (χ3v) is 6.12. The lowest BCUT2D eigenvalue weighted by Crippen LogP contribution is -2.48. The van der Waals surface area contributed by atoms with Crippen molar-refractivity contribution in [1.29, 1.82) is 0 Å². The SMILES string of the molecule is COCCNCC1CCCN(S(=O)(=O)N2CCCC2)C1. The Morgan fingerprint density at radius 2 is 1.85 bits per heavy atom. The topological polar surface area (TPSA) is 61.9 Å². The van der Waals surface area contributed by atoms with Crippen molar-refractivity contribution in [1.82, 2.24) is 13.9 Å². The van der Waals surface area contributed by atoms with Crippen LogP contribution in [0.15, 0.2) is 0 Å². The van der Waals surface area contributed by atoms with Crippen molar-refractivity contribution in [2.45, 2.75) is 25.7 Å². The van der Waals surface area contributed by atoms with Gasteiger partial charge in [0.15, 0.2) is 0 Å². The largest absolute Gasteiger partial charge is 0.383 e. The number of methoxy groups -OCH3 is 1. The van der Waals surface area contributed by atoms with Gasteiger partial charge in [-0.2, -0.15) is 17.0 Å². The van der Waals surface area contributed by atoms with E-state index in [1.165, 1.54) is 0 Å². The molecule has 6 nitrogen and oxygen atoms in total. The van der Waals surface area contributed by atoms with Gasteiger partial charge < -0.3 is 10.1 Å². The fraction of sp³-hybridized carbons (Fsp3) is 1.00. The van der Waals surface area contributed by atoms with Crippen LogP contribution in [0.2, 0.25) is 0 Å². The van der Waals surface area contributed by atoms with Gasteiger partial charge in [0.25, 0.3) is 10.2 Å². The lowest BCUT2D eigenvalue weighted by atomic mass is 10.00. The zero-order chi connectivity index (χ0) is 14.4. The van der Waals surface area contributed by atoms with E-state index < -0.39 is 10.2 Å². The van der Waals surface area contributed by atoms with Gasteiger partial charge >= 0.3 is 0 Å². The minimum atomic E-state index is -3.22. The minimum absolute atomic E-state index is 0.415. The molecule has 0 aromatic heterocycles. The molecule has 2 aliphatic heterocycles. The average molecular weight is 305 g/mol. The van der Waals surface area contributed by atoms with Crippen molar-refractivity contribution >= 4 is 10.2 Å². The Labute approximate surface area is 122 Å². The highest BCUT2D eigenvalue weighted by Gasteiger charge is 2.34. The summed E-state index contributed by atoms with van der Waals surface area (Å²) < 4.78 is 33.4. The Kier molecular flexibility index (Phi) is 6.22. The number of piperidine rings is 1. The second-order valence-corrected chi connectivity index (χ2v) is 7.61. The average Bonchev–Trinajstić information content (AvgIpc) is 2.99. The van der Waals surface area contributed by atoms with Crippen LogP contribution < -0.4 is 5.32 Å². The first-order valence-electron chi connectivity index (χ1n) is 7.59. The van der Waals surface area contributed by atoms with E-state index >= 15 is 0 Å². The summed E-state index contributed by atoms with van der Waals surface area (Å²) in [6.45, 7) is 5.10. The molecule has 2 aliphatic rings. The maximum Gasteiger partial charge on any atom is 0.281 e. The zero-order valence-electron chi connectivity index (χ0n) is 12.4. The molecule has 1 N–H and O–H groups in total. The van der Waals surface area contributed by atoms with Crippen molar-refractivity contribution in [3.05, 3.63) is 0 Å². The number of ether oxygens (including phenoxy) is 1. The summed E-state index contributed by atoms with van der Waals surface area (Å²) >= 11 is 0. The summed E-state index contributed by atoms with van der Waals surface area (Å²) in [4.78, 5) is 0. The number of hydrogen-bond acceptors (Lipinski definition) is 4. The molecule has 20 heavy (non-hydrogen) atoms. The quantitative estimate of drug-likeness (QED) is 0.686. The van der Waals surface area contributed by atoms with E-state index in [9.17, 15) is 8.42 Å². The first-order valence-corrected chi connectivity index (χ1v) is 8.99. The van der Waals surface area contributed by atoms with E-state index in [4.69, 9.17) is 4.74 Å². The number of hydrogen-bond donors (Lipinski definition) is 1. The molecule has 0 bridgehead atoms. The van der Waals surface area contributed by atoms with Crippen molar-refractivity contribution in [2.24, 2.45) is 5.92 Å². The maximum atomic E-state index is 12.5. The monoisotopic (exact) mass is 305 g/mol. The standard InChI is InChI=1S/C13H27N3O3S/c1-19-10-6-14-11-13-5-4-9-16(12-13)20(17,18)15-7-2-3-8-15/h13-14H,2-12H2,1H3. The summed E-state index contributed by atoms with van der Waals surface area (Å²) in [7, 11) is -1.53. The predicted molar refractivity (Wildman–Crippen MR) is 78.8 cm³/mol. The van der Waals surface area contributed by atoms with Crippen LogP contribution in [-0.2, 0) is 14.9 Å². The van der Waals surface area contributed by atoms with Crippen LogP contribution in [0.25, 0.3) is 0 Å². The minimum Gasteiger partial charge on any atom is -0.383 e. The summed E-state index contributed by atoms with van der Waals surface area (Å²) in [6.07, 6.45) is 4.06. The molecule has 2 heterocycles. The van der Waals surface area contributed by atoms with Gasteiger partial charge in [-0.3, -0.25) is 0 Å². The molecule has 2 fully saturated rings. The molecule has 0 aromatic rings. The predicted octanol–water partition coefficient (Wildman–Crippen LogP) is 0.275. The van der Waals surface area contributed by atoms with Gasteiger partial charge in [-0.05, 0) is 38.1 Å². The summed E-state index contributed by atoms with van der Waals surface area (Å²) in [5.74, 6) is 0.415. The number of rotatable bonds is 7. The van der Waals surface area contributed by atoms with Crippen LogP contribution in [-0.4, -0.2) is 70.0 Å². The molecule has 0 radical (unpaired) electrons. The molecule has 2 rings (SSSR count). The molecule has 7 heteroatoms. The number of nitrogens with zero attached hydrogens (tertiary/aromatic N) is 2. The molecule has 0 aliphatic carbocycles. The highest BCUT2D eigenvalue weighted by Crippen LogP contribution is 2.23. The summed E-state index contributed by atoms with van der Waals surface area (Å²) in [6, 6.07) is 0. The molecule has 0 amide bonds. The van der Waals surface area contributed by atoms with E-state index in [0.717, 1.165) is 38.8 Å². The van der Waals surface area contributed by atoms with Gasteiger partial charge in [0.05, 0.1) is 6.61 Å². The van der Waals surface area contributed by atoms with Crippen LogP contribution >= 0.6 is 0 Å². The molecule has 0 spiro atoms. The van der Waals surface area contributed by atoms with E-state index in [1.807, 2.05) is 0 Å². The molecule has 0 aromatic carbocycles. The van der Waals surface area contributed by atoms with Crippen molar-refractivity contribution in [3.8, 4) is 0 Å². The first-order chi connectivity index (χ1) is 9.64. The Morgan fingerprint density at radius 1 is 1.15 bits per heavy atom. The van der Waals surface area contributed by atoms with Gasteiger partial charge in [0, 0.05) is 39.8 Å². The highest BCUT2D eigenvalue weighted by molar-refractivity contribution is 7.86. The smallest absolute Gasteiger partial charge is 0.281 e. The second-order valence-electron chi connectivity index (χ2n) is 5.68. The molecule has 1 atom stereocenters. The van der Waals surface area contributed by atoms with Crippen molar-refractivity contribution in [2.75, 3.05) is 53.0 Å². The van der Waals surface area contributed by atoms with Crippen LogP contribution in [0.3, 0.4) is 0 Å². The van der Waals surface area contributed by atoms with Gasteiger partial charge in [0.1, 0.15) is 0 Å². The molecular formula is C13H27N3O3S. The molecule has 1 unspecified atom stereocenters. The molecule has 2 saturated heterocycles. The van der Waals surface area contributed by atoms with Crippen LogP contribution in [0.5, 0.6) is 0 Å². The molecular weight excluding hydrogens is 278 g/mol. The van der Waals surface area contributed by atoms with Crippen LogP contribution in [0.1, 0.15) is 25.7 Å². The van der Waals surface area contributed by atoms with Crippen LogP contribution in [0.4, 0.5) is 0 Å². The lowest BCUT2D eigenvalue weighted by Gasteiger charge is -2.34. The maximum absolute atomic E-state index is 12.5. The van der Waals surface area contributed by atoms with Gasteiger partial charge in [-0.1, -0.05) is 0 Å². The highest BCUT2D eigenvalue weighted by atomic mass is 32.2. The van der Waals surface area contributed by atoms with Gasteiger partial charge in [-0.25, -0.2) is 0 Å². The van der Waals surface area contributed by atoms with Gasteiger partial charge in [0.2, 0.25) is 0 Å². The Balaban J connectivity index is 1.83. The van der Waals surface area contributed by atoms with Crippen LogP contribution in [0, 0.1) is 5.92 Å². The summed E-state index contributed by atoms with van der Waals surface area (Å²) in [5.41, 5.74) is 0. The summed E-state index contributed by atoms with van der Waals surface area (Å²) in [5, 5.41) is 3.34. The van der Waals surface area contributed by atoms with E-state index in [1.54, 1.807) is 15.7 Å². The second kappa shape index (κ2) is 7.70. The van der Waals surface area contributed by atoms with Gasteiger partial charge in [-0.15, -0.1) is 0 Å². The zero-order valence-corrected chi connectivity index (χ0v) is 13.2. The first kappa shape index (κ1) is 16.2. The van der Waals surface area contributed by atoms with E-state index in [-0.39, 0.29) is 0 Å². The van der Waals surface area contributed by atoms with E-state index in [2.05, 4.69) is 5.32 Å². The Bertz CT molecular complexity index is 382.